The molecular weight excluding hydrogens is 304 g/mol. The molecule has 0 aliphatic carbocycles. The van der Waals surface area contributed by atoms with Crippen LogP contribution < -0.4 is 5.73 Å². The van der Waals surface area contributed by atoms with Crippen molar-refractivity contribution >= 4 is 22.4 Å². The van der Waals surface area contributed by atoms with E-state index in [1.54, 1.807) is 11.3 Å². The zero-order chi connectivity index (χ0) is 15.6. The van der Waals surface area contributed by atoms with Gasteiger partial charge in [-0.05, 0) is 17.7 Å². The maximum absolute atomic E-state index is 5.62. The van der Waals surface area contributed by atoms with Gasteiger partial charge in [0.2, 0.25) is 0 Å². The molecule has 2 aromatic heterocycles. The average molecular weight is 320 g/mol. The van der Waals surface area contributed by atoms with Gasteiger partial charge in [-0.2, -0.15) is 0 Å². The van der Waals surface area contributed by atoms with E-state index < -0.39 is 0 Å². The van der Waals surface area contributed by atoms with E-state index in [0.717, 1.165) is 33.8 Å². The van der Waals surface area contributed by atoms with Crippen LogP contribution in [0.1, 0.15) is 11.3 Å². The van der Waals surface area contributed by atoms with E-state index in [2.05, 4.69) is 44.9 Å². The molecule has 2 heterocycles. The first kappa shape index (κ1) is 14.1. The number of hydrogen-bond acceptors (Lipinski definition) is 4. The highest BCUT2D eigenvalue weighted by Crippen LogP contribution is 2.24. The molecule has 0 aliphatic heterocycles. The third-order valence-corrected chi connectivity index (χ3v) is 4.78. The van der Waals surface area contributed by atoms with E-state index in [9.17, 15) is 0 Å². The molecule has 23 heavy (non-hydrogen) atoms. The SMILES string of the molecule is NCc1csc(-c2ccc(Cn3cnc4ccccc43)cc2)n1. The van der Waals surface area contributed by atoms with E-state index in [-0.39, 0.29) is 0 Å². The maximum Gasteiger partial charge on any atom is 0.123 e. The van der Waals surface area contributed by atoms with Crippen molar-refractivity contribution in [3.63, 3.8) is 0 Å². The maximum atomic E-state index is 5.62. The van der Waals surface area contributed by atoms with Crippen molar-refractivity contribution in [3.05, 3.63) is 71.5 Å². The molecular formula is C18H16N4S. The lowest BCUT2D eigenvalue weighted by molar-refractivity contribution is 0.824. The molecule has 0 fully saturated rings. The summed E-state index contributed by atoms with van der Waals surface area (Å²) < 4.78 is 2.17. The minimum atomic E-state index is 0.488. The number of para-hydroxylation sites is 2. The highest BCUT2D eigenvalue weighted by atomic mass is 32.1. The summed E-state index contributed by atoms with van der Waals surface area (Å²) >= 11 is 1.63. The Morgan fingerprint density at radius 3 is 2.65 bits per heavy atom. The monoisotopic (exact) mass is 320 g/mol. The summed E-state index contributed by atoms with van der Waals surface area (Å²) in [5.74, 6) is 0. The number of aromatic nitrogens is 3. The molecule has 0 saturated heterocycles. The standard InChI is InChI=1S/C18H16N4S/c19-9-15-11-23-18(21-15)14-7-5-13(6-8-14)10-22-12-20-16-3-1-2-4-17(16)22/h1-8,11-12H,9-10,19H2. The van der Waals surface area contributed by atoms with Crippen LogP contribution in [0.2, 0.25) is 0 Å². The van der Waals surface area contributed by atoms with Crippen molar-refractivity contribution in [2.45, 2.75) is 13.1 Å². The van der Waals surface area contributed by atoms with E-state index in [1.165, 1.54) is 5.56 Å². The molecule has 0 amide bonds. The third-order valence-electron chi connectivity index (χ3n) is 3.84. The number of nitrogens with two attached hydrogens (primary N) is 1. The van der Waals surface area contributed by atoms with E-state index in [1.807, 2.05) is 29.9 Å². The number of benzene rings is 2. The smallest absolute Gasteiger partial charge is 0.123 e. The molecule has 4 nitrogen and oxygen atoms in total. The summed E-state index contributed by atoms with van der Waals surface area (Å²) in [4.78, 5) is 8.96. The first-order valence-electron chi connectivity index (χ1n) is 7.47. The van der Waals surface area contributed by atoms with Crippen LogP contribution in [-0.4, -0.2) is 14.5 Å². The van der Waals surface area contributed by atoms with Crippen LogP contribution in [0.25, 0.3) is 21.6 Å². The summed E-state index contributed by atoms with van der Waals surface area (Å²) in [7, 11) is 0. The van der Waals surface area contributed by atoms with Crippen LogP contribution in [0.15, 0.2) is 60.2 Å². The molecule has 0 saturated carbocycles. The van der Waals surface area contributed by atoms with Crippen LogP contribution >= 0.6 is 11.3 Å². The Hall–Kier alpha value is -2.50. The van der Waals surface area contributed by atoms with Gasteiger partial charge >= 0.3 is 0 Å². The topological polar surface area (TPSA) is 56.7 Å². The Balaban J connectivity index is 1.58. The van der Waals surface area contributed by atoms with E-state index in [0.29, 0.717) is 6.54 Å². The van der Waals surface area contributed by atoms with Crippen LogP contribution in [0.4, 0.5) is 0 Å². The van der Waals surface area contributed by atoms with Gasteiger partial charge in [0, 0.05) is 24.0 Å². The summed E-state index contributed by atoms with van der Waals surface area (Å²) in [5.41, 5.74) is 11.1. The van der Waals surface area contributed by atoms with Gasteiger partial charge in [0.1, 0.15) is 5.01 Å². The highest BCUT2D eigenvalue weighted by molar-refractivity contribution is 7.13. The average Bonchev–Trinajstić information content (AvgIpc) is 3.23. The van der Waals surface area contributed by atoms with Gasteiger partial charge in [-0.3, -0.25) is 0 Å². The Bertz CT molecular complexity index is 937. The molecule has 0 radical (unpaired) electrons. The summed E-state index contributed by atoms with van der Waals surface area (Å²) in [6.45, 7) is 1.30. The van der Waals surface area contributed by atoms with Crippen LogP contribution in [0, 0.1) is 0 Å². The molecule has 4 rings (SSSR count). The number of rotatable bonds is 4. The summed E-state index contributed by atoms with van der Waals surface area (Å²) in [5, 5.41) is 3.03. The molecule has 5 heteroatoms. The quantitative estimate of drug-likeness (QED) is 0.624. The second kappa shape index (κ2) is 5.95. The van der Waals surface area contributed by atoms with Gasteiger partial charge in [0.25, 0.3) is 0 Å². The number of fused-ring (bicyclic) bond motifs is 1. The summed E-state index contributed by atoms with van der Waals surface area (Å²) in [6.07, 6.45) is 1.90. The predicted molar refractivity (Wildman–Crippen MR) is 94.3 cm³/mol. The van der Waals surface area contributed by atoms with E-state index in [4.69, 9.17) is 5.73 Å². The molecule has 114 valence electrons. The Morgan fingerprint density at radius 2 is 1.87 bits per heavy atom. The van der Waals surface area contributed by atoms with Crippen LogP contribution in [0.5, 0.6) is 0 Å². The van der Waals surface area contributed by atoms with Gasteiger partial charge in [-0.1, -0.05) is 36.4 Å². The molecule has 2 aromatic carbocycles. The largest absolute Gasteiger partial charge is 0.326 e. The zero-order valence-corrected chi connectivity index (χ0v) is 13.3. The number of imidazole rings is 1. The zero-order valence-electron chi connectivity index (χ0n) is 12.5. The fourth-order valence-corrected chi connectivity index (χ4v) is 3.46. The third kappa shape index (κ3) is 2.76. The molecule has 0 bridgehead atoms. The van der Waals surface area contributed by atoms with Crippen molar-refractivity contribution in [1.29, 1.82) is 0 Å². The van der Waals surface area contributed by atoms with Gasteiger partial charge in [-0.15, -0.1) is 11.3 Å². The van der Waals surface area contributed by atoms with E-state index >= 15 is 0 Å². The van der Waals surface area contributed by atoms with Crippen LogP contribution in [-0.2, 0) is 13.1 Å². The van der Waals surface area contributed by atoms with Crippen molar-refractivity contribution in [2.24, 2.45) is 5.73 Å². The van der Waals surface area contributed by atoms with Crippen molar-refractivity contribution in [3.8, 4) is 10.6 Å². The van der Waals surface area contributed by atoms with Crippen molar-refractivity contribution in [2.75, 3.05) is 0 Å². The molecule has 4 aromatic rings. The highest BCUT2D eigenvalue weighted by Gasteiger charge is 2.05. The summed E-state index contributed by atoms with van der Waals surface area (Å²) in [6, 6.07) is 16.7. The van der Waals surface area contributed by atoms with Gasteiger partial charge in [0.15, 0.2) is 0 Å². The minimum absolute atomic E-state index is 0.488. The minimum Gasteiger partial charge on any atom is -0.326 e. The van der Waals surface area contributed by atoms with Crippen molar-refractivity contribution in [1.82, 2.24) is 14.5 Å². The Kier molecular flexibility index (Phi) is 3.65. The van der Waals surface area contributed by atoms with Crippen LogP contribution in [0.3, 0.4) is 0 Å². The lowest BCUT2D eigenvalue weighted by Gasteiger charge is -2.05. The Morgan fingerprint density at radius 1 is 1.04 bits per heavy atom. The molecule has 0 atom stereocenters. The van der Waals surface area contributed by atoms with Gasteiger partial charge < -0.3 is 10.3 Å². The molecule has 0 aliphatic rings. The van der Waals surface area contributed by atoms with Gasteiger partial charge in [0.05, 0.1) is 23.1 Å². The number of nitrogens with zero attached hydrogens (tertiary/aromatic N) is 3. The fraction of sp³-hybridized carbons (Fsp3) is 0.111. The first-order valence-corrected chi connectivity index (χ1v) is 8.35. The fourth-order valence-electron chi connectivity index (χ4n) is 2.62. The second-order valence-electron chi connectivity index (χ2n) is 5.41. The normalized spacial score (nSPS) is 11.2. The molecule has 0 unspecified atom stereocenters. The lowest BCUT2D eigenvalue weighted by atomic mass is 10.1. The lowest BCUT2D eigenvalue weighted by Crippen LogP contribution is -1.97. The molecule has 0 spiro atoms. The number of hydrogen-bond donors (Lipinski definition) is 1. The second-order valence-corrected chi connectivity index (χ2v) is 6.26. The first-order chi connectivity index (χ1) is 11.3. The predicted octanol–water partition coefficient (Wildman–Crippen LogP) is 3.67. The van der Waals surface area contributed by atoms with Crippen molar-refractivity contribution < 1.29 is 0 Å². The Labute approximate surface area is 138 Å². The molecule has 2 N–H and O–H groups in total. The van der Waals surface area contributed by atoms with Gasteiger partial charge in [-0.25, -0.2) is 9.97 Å². The number of thiazole rings is 1.